The van der Waals surface area contributed by atoms with Crippen molar-refractivity contribution in [2.75, 3.05) is 7.05 Å². The maximum absolute atomic E-state index is 6.14. The van der Waals surface area contributed by atoms with Gasteiger partial charge >= 0.3 is 0 Å². The van der Waals surface area contributed by atoms with E-state index in [1.54, 1.807) is 6.07 Å². The molecule has 0 bridgehead atoms. The van der Waals surface area contributed by atoms with E-state index < -0.39 is 0 Å². The van der Waals surface area contributed by atoms with Crippen molar-refractivity contribution in [2.24, 2.45) is 5.41 Å². The monoisotopic (exact) mass is 300 g/mol. The van der Waals surface area contributed by atoms with E-state index in [-0.39, 0.29) is 0 Å². The molecule has 2 rings (SSSR count). The standard InChI is InChI=1S/C15H22Cl2N2/c1-15(2)8-6-12(7-9-15)19(3)10-11-4-5-13(16)18-14(11)17/h4-5,12H,6-10H2,1-3H3. The van der Waals surface area contributed by atoms with Crippen molar-refractivity contribution >= 4 is 23.2 Å². The smallest absolute Gasteiger partial charge is 0.135 e. The second-order valence-corrected chi connectivity index (χ2v) is 7.14. The molecule has 1 fully saturated rings. The van der Waals surface area contributed by atoms with Crippen molar-refractivity contribution in [3.8, 4) is 0 Å². The van der Waals surface area contributed by atoms with Gasteiger partial charge < -0.3 is 0 Å². The molecule has 0 unspecified atom stereocenters. The van der Waals surface area contributed by atoms with E-state index in [0.717, 1.165) is 12.1 Å². The van der Waals surface area contributed by atoms with Gasteiger partial charge in [-0.1, -0.05) is 43.1 Å². The molecule has 4 heteroatoms. The first-order valence-electron chi connectivity index (χ1n) is 6.88. The van der Waals surface area contributed by atoms with Gasteiger partial charge in [0.05, 0.1) is 0 Å². The highest BCUT2D eigenvalue weighted by atomic mass is 35.5. The summed E-state index contributed by atoms with van der Waals surface area (Å²) < 4.78 is 0. The number of nitrogens with zero attached hydrogens (tertiary/aromatic N) is 2. The van der Waals surface area contributed by atoms with E-state index in [9.17, 15) is 0 Å². The summed E-state index contributed by atoms with van der Waals surface area (Å²) in [4.78, 5) is 6.49. The summed E-state index contributed by atoms with van der Waals surface area (Å²) in [5.41, 5.74) is 1.56. The molecule has 0 amide bonds. The number of hydrogen-bond acceptors (Lipinski definition) is 2. The molecule has 1 saturated carbocycles. The Morgan fingerprint density at radius 1 is 1.26 bits per heavy atom. The Bertz CT molecular complexity index is 436. The summed E-state index contributed by atoms with van der Waals surface area (Å²) in [6.07, 6.45) is 5.13. The summed E-state index contributed by atoms with van der Waals surface area (Å²) in [5, 5.41) is 0.978. The highest BCUT2D eigenvalue weighted by molar-refractivity contribution is 6.32. The van der Waals surface area contributed by atoms with Crippen molar-refractivity contribution in [2.45, 2.75) is 52.1 Å². The zero-order valence-corrected chi connectivity index (χ0v) is 13.4. The number of hydrogen-bond donors (Lipinski definition) is 0. The first-order chi connectivity index (χ1) is 8.87. The lowest BCUT2D eigenvalue weighted by atomic mass is 9.75. The molecular formula is C15H22Cl2N2. The molecule has 106 valence electrons. The van der Waals surface area contributed by atoms with E-state index in [1.165, 1.54) is 25.7 Å². The lowest BCUT2D eigenvalue weighted by Crippen LogP contribution is -2.36. The molecule has 0 N–H and O–H groups in total. The summed E-state index contributed by atoms with van der Waals surface area (Å²) in [6, 6.07) is 4.43. The van der Waals surface area contributed by atoms with E-state index in [0.29, 0.717) is 21.8 Å². The summed E-state index contributed by atoms with van der Waals surface area (Å²) in [6.45, 7) is 5.57. The Labute approximate surface area is 126 Å². The molecule has 1 aromatic heterocycles. The predicted molar refractivity (Wildman–Crippen MR) is 81.8 cm³/mol. The van der Waals surface area contributed by atoms with Crippen molar-refractivity contribution in [1.29, 1.82) is 0 Å². The van der Waals surface area contributed by atoms with Gasteiger partial charge in [-0.3, -0.25) is 4.90 Å². The van der Waals surface area contributed by atoms with Crippen LogP contribution in [0.1, 0.15) is 45.1 Å². The molecule has 1 aromatic rings. The number of pyridine rings is 1. The first kappa shape index (κ1) is 15.1. The third-order valence-electron chi connectivity index (χ3n) is 4.24. The third kappa shape index (κ3) is 4.08. The van der Waals surface area contributed by atoms with Gasteiger partial charge in [-0.25, -0.2) is 4.98 Å². The average molecular weight is 301 g/mol. The zero-order valence-electron chi connectivity index (χ0n) is 11.9. The molecule has 0 aromatic carbocycles. The third-order valence-corrected chi connectivity index (χ3v) is 4.78. The molecule has 0 radical (unpaired) electrons. The molecule has 1 aliphatic carbocycles. The van der Waals surface area contributed by atoms with Gasteiger partial charge in [0.15, 0.2) is 0 Å². The largest absolute Gasteiger partial charge is 0.299 e. The maximum atomic E-state index is 6.14. The summed E-state index contributed by atoms with van der Waals surface area (Å²) in [7, 11) is 2.17. The highest BCUT2D eigenvalue weighted by Crippen LogP contribution is 2.37. The maximum Gasteiger partial charge on any atom is 0.135 e. The Morgan fingerprint density at radius 3 is 2.47 bits per heavy atom. The van der Waals surface area contributed by atoms with E-state index >= 15 is 0 Å². The molecule has 0 aliphatic heterocycles. The van der Waals surface area contributed by atoms with Crippen molar-refractivity contribution in [1.82, 2.24) is 9.88 Å². The minimum atomic E-state index is 0.454. The molecule has 0 atom stereocenters. The fourth-order valence-corrected chi connectivity index (χ4v) is 3.19. The minimum Gasteiger partial charge on any atom is -0.299 e. The topological polar surface area (TPSA) is 16.1 Å². The first-order valence-corrected chi connectivity index (χ1v) is 7.64. The van der Waals surface area contributed by atoms with Crippen LogP contribution in [0.4, 0.5) is 0 Å². The van der Waals surface area contributed by atoms with Gasteiger partial charge in [0.25, 0.3) is 0 Å². The Kier molecular flexibility index (Phi) is 4.75. The molecule has 0 spiro atoms. The van der Waals surface area contributed by atoms with Crippen LogP contribution in [-0.2, 0) is 6.54 Å². The minimum absolute atomic E-state index is 0.454. The van der Waals surface area contributed by atoms with E-state index in [4.69, 9.17) is 23.2 Å². The molecular weight excluding hydrogens is 279 g/mol. The molecule has 19 heavy (non-hydrogen) atoms. The SMILES string of the molecule is CN(Cc1ccc(Cl)nc1Cl)C1CCC(C)(C)CC1. The highest BCUT2D eigenvalue weighted by Gasteiger charge is 2.28. The number of halogens is 2. The van der Waals surface area contributed by atoms with Crippen molar-refractivity contribution in [3.05, 3.63) is 28.0 Å². The van der Waals surface area contributed by atoms with Crippen LogP contribution < -0.4 is 0 Å². The van der Waals surface area contributed by atoms with Gasteiger partial charge in [-0.15, -0.1) is 0 Å². The Hall–Kier alpha value is -0.310. The molecule has 0 saturated heterocycles. The van der Waals surface area contributed by atoms with Crippen LogP contribution in [0.3, 0.4) is 0 Å². The Balaban J connectivity index is 1.96. The molecule has 1 heterocycles. The molecule has 2 nitrogen and oxygen atoms in total. The summed E-state index contributed by atoms with van der Waals surface area (Å²) in [5.74, 6) is 0. The quantitative estimate of drug-likeness (QED) is 0.746. The van der Waals surface area contributed by atoms with Gasteiger partial charge in [-0.05, 0) is 44.2 Å². The van der Waals surface area contributed by atoms with Gasteiger partial charge in [0.2, 0.25) is 0 Å². The molecule has 1 aliphatic rings. The van der Waals surface area contributed by atoms with Crippen LogP contribution >= 0.6 is 23.2 Å². The zero-order chi connectivity index (χ0) is 14.0. The fraction of sp³-hybridized carbons (Fsp3) is 0.667. The number of rotatable bonds is 3. The van der Waals surface area contributed by atoms with Crippen molar-refractivity contribution in [3.63, 3.8) is 0 Å². The van der Waals surface area contributed by atoms with Crippen LogP contribution in [0.2, 0.25) is 10.3 Å². The van der Waals surface area contributed by atoms with E-state index in [1.807, 2.05) is 6.07 Å². The van der Waals surface area contributed by atoms with Gasteiger partial charge in [0.1, 0.15) is 10.3 Å². The van der Waals surface area contributed by atoms with Gasteiger partial charge in [-0.2, -0.15) is 0 Å². The van der Waals surface area contributed by atoms with Gasteiger partial charge in [0, 0.05) is 18.2 Å². The average Bonchev–Trinajstić information content (AvgIpc) is 2.32. The van der Waals surface area contributed by atoms with Crippen LogP contribution in [-0.4, -0.2) is 23.0 Å². The normalized spacial score (nSPS) is 19.9. The van der Waals surface area contributed by atoms with Crippen molar-refractivity contribution < 1.29 is 0 Å². The second kappa shape index (κ2) is 5.99. The lowest BCUT2D eigenvalue weighted by molar-refractivity contribution is 0.123. The summed E-state index contributed by atoms with van der Waals surface area (Å²) >= 11 is 12.0. The predicted octanol–water partition coefficient (Wildman–Crippen LogP) is 4.79. The second-order valence-electron chi connectivity index (χ2n) is 6.39. The fourth-order valence-electron chi connectivity index (χ4n) is 2.78. The number of aromatic nitrogens is 1. The van der Waals surface area contributed by atoms with Crippen LogP contribution in [0, 0.1) is 5.41 Å². The van der Waals surface area contributed by atoms with Crippen LogP contribution in [0.25, 0.3) is 0 Å². The lowest BCUT2D eigenvalue weighted by Gasteiger charge is -2.38. The Morgan fingerprint density at radius 2 is 1.89 bits per heavy atom. The van der Waals surface area contributed by atoms with Crippen LogP contribution in [0.15, 0.2) is 12.1 Å². The van der Waals surface area contributed by atoms with Crippen LogP contribution in [0.5, 0.6) is 0 Å². The van der Waals surface area contributed by atoms with E-state index in [2.05, 4.69) is 30.8 Å².